The van der Waals surface area contributed by atoms with Crippen molar-refractivity contribution in [1.82, 2.24) is 0 Å². The molecule has 0 heterocycles. The van der Waals surface area contributed by atoms with Gasteiger partial charge in [0.2, 0.25) is 0 Å². The highest BCUT2D eigenvalue weighted by molar-refractivity contribution is 5.98. The summed E-state index contributed by atoms with van der Waals surface area (Å²) >= 11 is 0. The highest BCUT2D eigenvalue weighted by Gasteiger charge is 2.60. The molecule has 0 amide bonds. The fraction of sp³-hybridized carbons (Fsp3) is 0.667. The quantitative estimate of drug-likeness (QED) is 0.537. The Morgan fingerprint density at radius 2 is 2.40 bits per heavy atom. The van der Waals surface area contributed by atoms with Crippen molar-refractivity contribution in [3.63, 3.8) is 0 Å². The van der Waals surface area contributed by atoms with Crippen molar-refractivity contribution in [3.8, 4) is 0 Å². The molecule has 2 unspecified atom stereocenters. The van der Waals surface area contributed by atoms with Crippen LogP contribution in [0.1, 0.15) is 20.3 Å². The van der Waals surface area contributed by atoms with Gasteiger partial charge in [0.15, 0.2) is 5.78 Å². The van der Waals surface area contributed by atoms with Gasteiger partial charge in [-0.15, -0.1) is 0 Å². The third-order valence-corrected chi connectivity index (χ3v) is 3.02. The maximum Gasteiger partial charge on any atom is 0.159 e. The lowest BCUT2D eigenvalue weighted by molar-refractivity contribution is -0.115. The van der Waals surface area contributed by atoms with Crippen LogP contribution in [0.3, 0.4) is 0 Å². The summed E-state index contributed by atoms with van der Waals surface area (Å²) in [5, 5.41) is 0. The Kier molecular flexibility index (Phi) is 0.936. The Morgan fingerprint density at radius 1 is 1.70 bits per heavy atom. The maximum absolute atomic E-state index is 11.0. The standard InChI is InChI=1S/C9H12O/c1-6(2)9-4-3-8(10)7(9)5-9/h3-4,6-7H,5H2,1-2H3. The second kappa shape index (κ2) is 1.52. The van der Waals surface area contributed by atoms with E-state index >= 15 is 0 Å². The van der Waals surface area contributed by atoms with Crippen LogP contribution in [0.4, 0.5) is 0 Å². The molecule has 0 aromatic rings. The molecule has 1 nitrogen and oxygen atoms in total. The van der Waals surface area contributed by atoms with Crippen molar-refractivity contribution in [3.05, 3.63) is 12.2 Å². The number of allylic oxidation sites excluding steroid dienone is 2. The van der Waals surface area contributed by atoms with Gasteiger partial charge in [-0.05, 0) is 18.4 Å². The topological polar surface area (TPSA) is 17.1 Å². The van der Waals surface area contributed by atoms with Crippen molar-refractivity contribution >= 4 is 5.78 Å². The number of carbonyl (C=O) groups excluding carboxylic acids is 1. The molecular weight excluding hydrogens is 124 g/mol. The van der Waals surface area contributed by atoms with Crippen molar-refractivity contribution in [2.75, 3.05) is 0 Å². The van der Waals surface area contributed by atoms with Crippen LogP contribution in [0.2, 0.25) is 0 Å². The third kappa shape index (κ3) is 0.511. The van der Waals surface area contributed by atoms with Crippen LogP contribution < -0.4 is 0 Å². The minimum atomic E-state index is 0.303. The van der Waals surface area contributed by atoms with Crippen LogP contribution in [-0.2, 0) is 4.79 Å². The van der Waals surface area contributed by atoms with Gasteiger partial charge in [-0.2, -0.15) is 0 Å². The molecule has 0 aromatic heterocycles. The van der Waals surface area contributed by atoms with Crippen molar-refractivity contribution in [2.24, 2.45) is 17.3 Å². The predicted molar refractivity (Wildman–Crippen MR) is 39.5 cm³/mol. The smallest absolute Gasteiger partial charge is 0.159 e. The van der Waals surface area contributed by atoms with Crippen LogP contribution in [0.15, 0.2) is 12.2 Å². The predicted octanol–water partition coefficient (Wildman–Crippen LogP) is 1.79. The second-order valence-electron chi connectivity index (χ2n) is 3.76. The number of carbonyl (C=O) groups is 1. The lowest BCUT2D eigenvalue weighted by atomic mass is 9.92. The zero-order chi connectivity index (χ0) is 7.35. The van der Waals surface area contributed by atoms with E-state index in [4.69, 9.17) is 0 Å². The fourth-order valence-electron chi connectivity index (χ4n) is 2.03. The molecule has 1 heteroatoms. The Bertz CT molecular complexity index is 215. The molecule has 0 radical (unpaired) electrons. The van der Waals surface area contributed by atoms with Gasteiger partial charge >= 0.3 is 0 Å². The average molecular weight is 136 g/mol. The van der Waals surface area contributed by atoms with Gasteiger partial charge in [0.1, 0.15) is 0 Å². The van der Waals surface area contributed by atoms with Gasteiger partial charge in [0, 0.05) is 11.3 Å². The van der Waals surface area contributed by atoms with Gasteiger partial charge in [-0.3, -0.25) is 4.79 Å². The van der Waals surface area contributed by atoms with Crippen LogP contribution in [0.25, 0.3) is 0 Å². The Hall–Kier alpha value is -0.590. The molecule has 2 rings (SSSR count). The normalized spacial score (nSPS) is 42.7. The summed E-state index contributed by atoms with van der Waals surface area (Å²) in [6.07, 6.45) is 4.98. The number of hydrogen-bond acceptors (Lipinski definition) is 1. The number of fused-ring (bicyclic) bond motifs is 1. The number of hydrogen-bond donors (Lipinski definition) is 0. The average Bonchev–Trinajstić information content (AvgIpc) is 2.52. The molecule has 10 heavy (non-hydrogen) atoms. The Labute approximate surface area is 61.1 Å². The summed E-state index contributed by atoms with van der Waals surface area (Å²) in [5.74, 6) is 1.36. The first-order valence-corrected chi connectivity index (χ1v) is 3.90. The Balaban J connectivity index is 2.27. The summed E-state index contributed by atoms with van der Waals surface area (Å²) in [7, 11) is 0. The lowest BCUT2D eigenvalue weighted by Gasteiger charge is -2.12. The van der Waals surface area contributed by atoms with Crippen molar-refractivity contribution < 1.29 is 4.79 Å². The summed E-state index contributed by atoms with van der Waals surface area (Å²) in [6.45, 7) is 4.39. The second-order valence-corrected chi connectivity index (χ2v) is 3.76. The summed E-state index contributed by atoms with van der Waals surface area (Å²) in [4.78, 5) is 11.0. The van der Waals surface area contributed by atoms with Gasteiger partial charge in [-0.1, -0.05) is 19.9 Å². The molecular formula is C9H12O. The molecule has 2 aliphatic rings. The zero-order valence-electron chi connectivity index (χ0n) is 6.42. The van der Waals surface area contributed by atoms with E-state index in [2.05, 4.69) is 19.9 Å². The van der Waals surface area contributed by atoms with Crippen LogP contribution >= 0.6 is 0 Å². The molecule has 0 saturated heterocycles. The number of ketones is 1. The zero-order valence-corrected chi connectivity index (χ0v) is 6.42. The van der Waals surface area contributed by atoms with Crippen molar-refractivity contribution in [1.29, 1.82) is 0 Å². The van der Waals surface area contributed by atoms with E-state index in [0.29, 0.717) is 23.0 Å². The van der Waals surface area contributed by atoms with E-state index in [1.54, 1.807) is 6.08 Å². The fourth-order valence-corrected chi connectivity index (χ4v) is 2.03. The van der Waals surface area contributed by atoms with Gasteiger partial charge in [0.25, 0.3) is 0 Å². The molecule has 1 saturated carbocycles. The first kappa shape index (κ1) is 6.14. The summed E-state index contributed by atoms with van der Waals surface area (Å²) < 4.78 is 0. The van der Waals surface area contributed by atoms with E-state index in [1.807, 2.05) is 0 Å². The Morgan fingerprint density at radius 3 is 2.60 bits per heavy atom. The van der Waals surface area contributed by atoms with Gasteiger partial charge in [0.05, 0.1) is 0 Å². The van der Waals surface area contributed by atoms with Gasteiger partial charge < -0.3 is 0 Å². The highest BCUT2D eigenvalue weighted by Crippen LogP contribution is 2.62. The molecule has 0 aliphatic heterocycles. The first-order valence-electron chi connectivity index (χ1n) is 3.90. The van der Waals surface area contributed by atoms with E-state index in [1.165, 1.54) is 0 Å². The van der Waals surface area contributed by atoms with Crippen LogP contribution in [-0.4, -0.2) is 5.78 Å². The lowest BCUT2D eigenvalue weighted by Crippen LogP contribution is -2.07. The molecule has 0 N–H and O–H groups in total. The molecule has 0 aromatic carbocycles. The monoisotopic (exact) mass is 136 g/mol. The first-order chi connectivity index (χ1) is 4.67. The van der Waals surface area contributed by atoms with E-state index in [9.17, 15) is 4.79 Å². The summed E-state index contributed by atoms with van der Waals surface area (Å²) in [6, 6.07) is 0. The molecule has 0 spiro atoms. The summed E-state index contributed by atoms with van der Waals surface area (Å²) in [5.41, 5.74) is 0.303. The molecule has 1 fully saturated rings. The van der Waals surface area contributed by atoms with Gasteiger partial charge in [-0.25, -0.2) is 0 Å². The van der Waals surface area contributed by atoms with Crippen LogP contribution in [0, 0.1) is 17.3 Å². The third-order valence-electron chi connectivity index (χ3n) is 3.02. The minimum Gasteiger partial charge on any atom is -0.295 e. The minimum absolute atomic E-state index is 0.303. The van der Waals surface area contributed by atoms with Crippen LogP contribution in [0.5, 0.6) is 0 Å². The largest absolute Gasteiger partial charge is 0.295 e. The molecule has 54 valence electrons. The molecule has 2 aliphatic carbocycles. The number of rotatable bonds is 1. The molecule has 2 atom stereocenters. The van der Waals surface area contributed by atoms with E-state index < -0.39 is 0 Å². The maximum atomic E-state index is 11.0. The SMILES string of the molecule is CC(C)C12C=CC(=O)C1C2. The van der Waals surface area contributed by atoms with E-state index in [-0.39, 0.29) is 0 Å². The van der Waals surface area contributed by atoms with Crippen molar-refractivity contribution in [2.45, 2.75) is 20.3 Å². The highest BCUT2D eigenvalue weighted by atomic mass is 16.1. The molecule has 0 bridgehead atoms. The van der Waals surface area contributed by atoms with E-state index in [0.717, 1.165) is 6.42 Å².